The lowest BCUT2D eigenvalue weighted by molar-refractivity contribution is -0.147. The topological polar surface area (TPSA) is 103 Å². The number of hydrogen-bond donors (Lipinski definition) is 2. The van der Waals surface area contributed by atoms with Crippen LogP contribution in [0.15, 0.2) is 12.1 Å². The molecule has 0 aliphatic rings. The van der Waals surface area contributed by atoms with Crippen LogP contribution in [0.3, 0.4) is 0 Å². The molecule has 2 amide bonds. The lowest BCUT2D eigenvalue weighted by atomic mass is 10.2. The van der Waals surface area contributed by atoms with Gasteiger partial charge in [-0.1, -0.05) is 18.0 Å². The van der Waals surface area contributed by atoms with Crippen molar-refractivity contribution in [3.8, 4) is 11.5 Å². The molecule has 0 aliphatic carbocycles. The number of anilines is 1. The molecule has 0 heterocycles. The van der Waals surface area contributed by atoms with Gasteiger partial charge < -0.3 is 24.8 Å². The number of nitrogens with one attached hydrogen (secondary N) is 2. The van der Waals surface area contributed by atoms with Gasteiger partial charge in [-0.05, 0) is 18.9 Å². The van der Waals surface area contributed by atoms with Crippen molar-refractivity contribution < 1.29 is 28.6 Å². The first kappa shape index (κ1) is 22.6. The molecule has 0 bridgehead atoms. The Labute approximate surface area is 163 Å². The molecule has 0 atom stereocenters. The molecule has 8 nitrogen and oxygen atoms in total. The number of unbranched alkanes of at least 4 members (excludes halogenated alkanes) is 2. The number of hydrogen-bond acceptors (Lipinski definition) is 6. The van der Waals surface area contributed by atoms with Crippen molar-refractivity contribution in [1.29, 1.82) is 0 Å². The van der Waals surface area contributed by atoms with Crippen molar-refractivity contribution in [3.05, 3.63) is 17.2 Å². The van der Waals surface area contributed by atoms with Crippen molar-refractivity contribution in [1.82, 2.24) is 5.32 Å². The molecule has 150 valence electrons. The van der Waals surface area contributed by atoms with E-state index >= 15 is 0 Å². The van der Waals surface area contributed by atoms with Gasteiger partial charge in [0.2, 0.25) is 5.91 Å². The summed E-state index contributed by atoms with van der Waals surface area (Å²) in [6.45, 7) is 1.63. The zero-order valence-electron chi connectivity index (χ0n) is 15.7. The van der Waals surface area contributed by atoms with Gasteiger partial charge in [0.1, 0.15) is 11.5 Å². The summed E-state index contributed by atoms with van der Waals surface area (Å²) in [5, 5.41) is 5.57. The van der Waals surface area contributed by atoms with E-state index in [0.717, 1.165) is 12.8 Å². The van der Waals surface area contributed by atoms with Crippen LogP contribution in [0.5, 0.6) is 11.5 Å². The molecule has 0 saturated carbocycles. The zero-order chi connectivity index (χ0) is 20.2. The van der Waals surface area contributed by atoms with Gasteiger partial charge in [-0.15, -0.1) is 0 Å². The Hall–Kier alpha value is -2.48. The summed E-state index contributed by atoms with van der Waals surface area (Å²) >= 11 is 6.04. The number of esters is 1. The summed E-state index contributed by atoms with van der Waals surface area (Å²) in [5.74, 6) is -0.250. The third-order valence-electron chi connectivity index (χ3n) is 3.54. The Balaban J connectivity index is 2.35. The van der Waals surface area contributed by atoms with E-state index in [1.54, 1.807) is 6.07 Å². The smallest absolute Gasteiger partial charge is 0.306 e. The Morgan fingerprint density at radius 1 is 1.04 bits per heavy atom. The average Bonchev–Trinajstić information content (AvgIpc) is 2.63. The quantitative estimate of drug-likeness (QED) is 0.437. The summed E-state index contributed by atoms with van der Waals surface area (Å²) in [6, 6.07) is 3.04. The minimum atomic E-state index is -0.506. The molecular weight excluding hydrogens is 376 g/mol. The van der Waals surface area contributed by atoms with Crippen LogP contribution in [0, 0.1) is 0 Å². The van der Waals surface area contributed by atoms with Crippen molar-refractivity contribution in [2.45, 2.75) is 32.6 Å². The van der Waals surface area contributed by atoms with Crippen LogP contribution >= 0.6 is 11.6 Å². The fraction of sp³-hybridized carbons (Fsp3) is 0.500. The zero-order valence-corrected chi connectivity index (χ0v) is 16.5. The predicted octanol–water partition coefficient (Wildman–Crippen LogP) is 2.54. The average molecular weight is 401 g/mol. The fourth-order valence-corrected chi connectivity index (χ4v) is 2.44. The van der Waals surface area contributed by atoms with E-state index in [0.29, 0.717) is 35.2 Å². The van der Waals surface area contributed by atoms with E-state index in [2.05, 4.69) is 10.6 Å². The van der Waals surface area contributed by atoms with Crippen LogP contribution in [-0.4, -0.2) is 45.2 Å². The van der Waals surface area contributed by atoms with E-state index in [4.69, 9.17) is 25.8 Å². The number of benzene rings is 1. The number of halogens is 1. The lowest BCUT2D eigenvalue weighted by Crippen LogP contribution is -2.21. The van der Waals surface area contributed by atoms with Crippen molar-refractivity contribution in [3.63, 3.8) is 0 Å². The van der Waals surface area contributed by atoms with Gasteiger partial charge in [0, 0.05) is 26.0 Å². The number of rotatable bonds is 11. The molecule has 9 heteroatoms. The Morgan fingerprint density at radius 2 is 1.74 bits per heavy atom. The highest BCUT2D eigenvalue weighted by Crippen LogP contribution is 2.35. The van der Waals surface area contributed by atoms with Crippen LogP contribution in [0.2, 0.25) is 5.02 Å². The molecule has 1 aromatic carbocycles. The van der Waals surface area contributed by atoms with Crippen molar-refractivity contribution >= 4 is 35.1 Å². The summed E-state index contributed by atoms with van der Waals surface area (Å²) in [7, 11) is 2.92. The molecule has 1 aromatic rings. The highest BCUT2D eigenvalue weighted by molar-refractivity contribution is 6.32. The fourth-order valence-electron chi connectivity index (χ4n) is 2.20. The van der Waals surface area contributed by atoms with E-state index in [1.807, 2.05) is 0 Å². The first-order chi connectivity index (χ1) is 12.9. The van der Waals surface area contributed by atoms with Gasteiger partial charge in [-0.3, -0.25) is 14.4 Å². The summed E-state index contributed by atoms with van der Waals surface area (Å²) < 4.78 is 15.2. The van der Waals surface area contributed by atoms with Gasteiger partial charge in [0.15, 0.2) is 6.61 Å². The molecule has 0 unspecified atom stereocenters. The summed E-state index contributed by atoms with van der Waals surface area (Å²) in [5.41, 5.74) is 0.349. The molecule has 0 aromatic heterocycles. The molecule has 0 radical (unpaired) electrons. The van der Waals surface area contributed by atoms with E-state index in [9.17, 15) is 14.4 Å². The highest BCUT2D eigenvalue weighted by Gasteiger charge is 2.14. The standard InChI is InChI=1S/C18H25ClN2O6/c1-12(22)20-8-6-4-5-7-18(24)27-11-17(23)21-14-9-13(19)15(25-2)10-16(14)26-3/h9-10H,4-8,11H2,1-3H3,(H,20,22)(H,21,23). The van der Waals surface area contributed by atoms with Gasteiger partial charge in [-0.25, -0.2) is 0 Å². The SMILES string of the molecule is COc1cc(OC)c(NC(=O)COC(=O)CCCCCNC(C)=O)cc1Cl. The van der Waals surface area contributed by atoms with Crippen LogP contribution in [0.25, 0.3) is 0 Å². The predicted molar refractivity (Wildman–Crippen MR) is 101 cm³/mol. The Bertz CT molecular complexity index is 665. The number of carbonyl (C=O) groups is 3. The van der Waals surface area contributed by atoms with E-state index in [-0.39, 0.29) is 12.3 Å². The minimum absolute atomic E-state index is 0.0739. The number of methoxy groups -OCH3 is 2. The summed E-state index contributed by atoms with van der Waals surface area (Å²) in [6.07, 6.45) is 2.40. The summed E-state index contributed by atoms with van der Waals surface area (Å²) in [4.78, 5) is 34.3. The Morgan fingerprint density at radius 3 is 2.37 bits per heavy atom. The monoisotopic (exact) mass is 400 g/mol. The second-order valence-electron chi connectivity index (χ2n) is 5.69. The second kappa shape index (κ2) is 12.0. The van der Waals surface area contributed by atoms with Crippen LogP contribution < -0.4 is 20.1 Å². The van der Waals surface area contributed by atoms with Crippen LogP contribution in [0.4, 0.5) is 5.69 Å². The first-order valence-electron chi connectivity index (χ1n) is 8.48. The van der Waals surface area contributed by atoms with Crippen LogP contribution in [-0.2, 0) is 19.1 Å². The van der Waals surface area contributed by atoms with Gasteiger partial charge >= 0.3 is 5.97 Å². The van der Waals surface area contributed by atoms with Crippen molar-refractivity contribution in [2.75, 3.05) is 32.7 Å². The van der Waals surface area contributed by atoms with E-state index < -0.39 is 18.5 Å². The largest absolute Gasteiger partial charge is 0.495 e. The number of carbonyl (C=O) groups excluding carboxylic acids is 3. The highest BCUT2D eigenvalue weighted by atomic mass is 35.5. The molecule has 1 rings (SSSR count). The third-order valence-corrected chi connectivity index (χ3v) is 3.84. The number of amides is 2. The lowest BCUT2D eigenvalue weighted by Gasteiger charge is -2.13. The third kappa shape index (κ3) is 8.63. The maximum Gasteiger partial charge on any atom is 0.306 e. The Kier molecular flexibility index (Phi) is 10.0. The molecule has 0 saturated heterocycles. The van der Waals surface area contributed by atoms with Gasteiger partial charge in [0.25, 0.3) is 5.91 Å². The molecule has 0 aliphatic heterocycles. The minimum Gasteiger partial charge on any atom is -0.495 e. The normalized spacial score (nSPS) is 10.1. The molecule has 2 N–H and O–H groups in total. The van der Waals surface area contributed by atoms with E-state index in [1.165, 1.54) is 27.2 Å². The number of ether oxygens (including phenoxy) is 3. The maximum atomic E-state index is 12.0. The van der Waals surface area contributed by atoms with Gasteiger partial charge in [0.05, 0.1) is 24.9 Å². The maximum absolute atomic E-state index is 12.0. The van der Waals surface area contributed by atoms with Crippen LogP contribution in [0.1, 0.15) is 32.6 Å². The first-order valence-corrected chi connectivity index (χ1v) is 8.86. The van der Waals surface area contributed by atoms with Gasteiger partial charge in [-0.2, -0.15) is 0 Å². The molecule has 0 fully saturated rings. The molecule has 27 heavy (non-hydrogen) atoms. The second-order valence-corrected chi connectivity index (χ2v) is 6.10. The molecule has 0 spiro atoms. The molecular formula is C18H25ClN2O6. The van der Waals surface area contributed by atoms with Crippen molar-refractivity contribution in [2.24, 2.45) is 0 Å².